The van der Waals surface area contributed by atoms with Gasteiger partial charge in [-0.15, -0.1) is 0 Å². The van der Waals surface area contributed by atoms with Crippen LogP contribution >= 0.6 is 15.9 Å². The fourth-order valence-corrected chi connectivity index (χ4v) is 2.34. The number of carbonyl (C=O) groups excluding carboxylic acids is 2. The Hall–Kier alpha value is -1.93. The number of amides is 1. The quantitative estimate of drug-likeness (QED) is 0.451. The monoisotopic (exact) mass is 387 g/mol. The molecule has 1 aromatic rings. The molecule has 0 saturated carbocycles. The summed E-state index contributed by atoms with van der Waals surface area (Å²) >= 11 is 3.07. The van der Waals surface area contributed by atoms with E-state index in [4.69, 9.17) is 14.3 Å². The molecular weight excluding hydrogens is 373 g/mol. The summed E-state index contributed by atoms with van der Waals surface area (Å²) in [5, 5.41) is 1.01. The van der Waals surface area contributed by atoms with Crippen molar-refractivity contribution in [2.24, 2.45) is 0 Å². The summed E-state index contributed by atoms with van der Waals surface area (Å²) in [6, 6.07) is 4.33. The number of hydroxylamine groups is 2. The van der Waals surface area contributed by atoms with Crippen LogP contribution in [0.15, 0.2) is 34.5 Å². The molecule has 1 heterocycles. The largest absolute Gasteiger partial charge is 0.445 e. The third kappa shape index (κ3) is 4.29. The Labute approximate surface area is 140 Å². The van der Waals surface area contributed by atoms with Crippen molar-refractivity contribution in [3.8, 4) is 0 Å². The van der Waals surface area contributed by atoms with E-state index >= 15 is 0 Å². The predicted octanol–water partition coefficient (Wildman–Crippen LogP) is 2.67. The number of carbonyl (C=O) groups is 2. The number of hydrogen-bond donors (Lipinski definition) is 0. The first-order valence-electron chi connectivity index (χ1n) is 6.65. The Morgan fingerprint density at radius 2 is 2.13 bits per heavy atom. The minimum Gasteiger partial charge on any atom is -0.445 e. The SMILES string of the molecule is CON(Cc1ccc(F)c(Br)c1)C(=O)/C=C1\OC(C)(C)OC1=O. The maximum absolute atomic E-state index is 13.2. The number of nitrogens with zero attached hydrogens (tertiary/aromatic N) is 1. The van der Waals surface area contributed by atoms with Gasteiger partial charge in [0.2, 0.25) is 11.5 Å². The van der Waals surface area contributed by atoms with Gasteiger partial charge in [-0.25, -0.2) is 14.2 Å². The second-order valence-electron chi connectivity index (χ2n) is 5.21. The van der Waals surface area contributed by atoms with Crippen LogP contribution in [-0.4, -0.2) is 29.8 Å². The first-order valence-corrected chi connectivity index (χ1v) is 7.45. The number of cyclic esters (lactones) is 1. The number of benzene rings is 1. The maximum Gasteiger partial charge on any atom is 0.377 e. The van der Waals surface area contributed by atoms with Crippen LogP contribution in [0.3, 0.4) is 0 Å². The van der Waals surface area contributed by atoms with E-state index in [1.807, 2.05) is 0 Å². The minimum absolute atomic E-state index is 0.0659. The van der Waals surface area contributed by atoms with E-state index in [-0.39, 0.29) is 16.8 Å². The van der Waals surface area contributed by atoms with Gasteiger partial charge < -0.3 is 9.47 Å². The summed E-state index contributed by atoms with van der Waals surface area (Å²) in [6.07, 6.45) is 0.999. The Balaban J connectivity index is 2.13. The molecule has 2 rings (SSSR count). The third-order valence-electron chi connectivity index (χ3n) is 2.93. The maximum atomic E-state index is 13.2. The van der Waals surface area contributed by atoms with Crippen molar-refractivity contribution in [2.75, 3.05) is 7.11 Å². The fraction of sp³-hybridized carbons (Fsp3) is 0.333. The number of esters is 1. The van der Waals surface area contributed by atoms with E-state index in [0.717, 1.165) is 11.1 Å². The number of hydrogen-bond acceptors (Lipinski definition) is 5. The van der Waals surface area contributed by atoms with E-state index in [1.54, 1.807) is 13.8 Å². The highest BCUT2D eigenvalue weighted by Gasteiger charge is 2.38. The zero-order chi connectivity index (χ0) is 17.2. The average molecular weight is 388 g/mol. The zero-order valence-corrected chi connectivity index (χ0v) is 14.3. The molecule has 1 saturated heterocycles. The highest BCUT2D eigenvalue weighted by atomic mass is 79.9. The topological polar surface area (TPSA) is 65.1 Å². The van der Waals surface area contributed by atoms with Gasteiger partial charge in [-0.1, -0.05) is 6.07 Å². The van der Waals surface area contributed by atoms with Crippen LogP contribution in [0.5, 0.6) is 0 Å². The molecule has 0 aliphatic carbocycles. The molecule has 1 fully saturated rings. The second-order valence-corrected chi connectivity index (χ2v) is 6.06. The molecule has 6 nitrogen and oxygen atoms in total. The lowest BCUT2D eigenvalue weighted by Crippen LogP contribution is -2.28. The van der Waals surface area contributed by atoms with Crippen LogP contribution in [0.4, 0.5) is 4.39 Å². The van der Waals surface area contributed by atoms with Crippen molar-refractivity contribution in [2.45, 2.75) is 26.2 Å². The summed E-state index contributed by atoms with van der Waals surface area (Å²) in [7, 11) is 1.31. The molecule has 124 valence electrons. The first-order chi connectivity index (χ1) is 10.7. The molecular formula is C15H15BrFNO5. The van der Waals surface area contributed by atoms with Crippen molar-refractivity contribution < 1.29 is 28.3 Å². The minimum atomic E-state index is -1.11. The first kappa shape index (κ1) is 17.4. The molecule has 1 aromatic carbocycles. The van der Waals surface area contributed by atoms with Crippen LogP contribution in [0.25, 0.3) is 0 Å². The Morgan fingerprint density at radius 3 is 2.65 bits per heavy atom. The summed E-state index contributed by atoms with van der Waals surface area (Å²) < 4.78 is 23.7. The molecule has 0 spiro atoms. The molecule has 1 aliphatic heterocycles. The molecule has 23 heavy (non-hydrogen) atoms. The van der Waals surface area contributed by atoms with E-state index in [2.05, 4.69) is 15.9 Å². The van der Waals surface area contributed by atoms with Crippen LogP contribution in [0.2, 0.25) is 0 Å². The lowest BCUT2D eigenvalue weighted by molar-refractivity contribution is -0.173. The normalized spacial score (nSPS) is 17.8. The van der Waals surface area contributed by atoms with Crippen molar-refractivity contribution in [1.29, 1.82) is 0 Å². The molecule has 0 N–H and O–H groups in total. The average Bonchev–Trinajstić information content (AvgIpc) is 2.72. The fourth-order valence-electron chi connectivity index (χ4n) is 1.91. The van der Waals surface area contributed by atoms with Crippen LogP contribution in [0.1, 0.15) is 19.4 Å². The van der Waals surface area contributed by atoms with E-state index in [9.17, 15) is 14.0 Å². The van der Waals surface area contributed by atoms with E-state index < -0.39 is 23.5 Å². The second kappa shape index (κ2) is 6.67. The van der Waals surface area contributed by atoms with Gasteiger partial charge in [-0.3, -0.25) is 9.63 Å². The van der Waals surface area contributed by atoms with Gasteiger partial charge in [0.1, 0.15) is 5.82 Å². The predicted molar refractivity (Wildman–Crippen MR) is 81.0 cm³/mol. The molecule has 8 heteroatoms. The van der Waals surface area contributed by atoms with E-state index in [1.165, 1.54) is 25.3 Å². The van der Waals surface area contributed by atoms with Crippen LogP contribution in [-0.2, 0) is 30.4 Å². The summed E-state index contributed by atoms with van der Waals surface area (Å²) in [5.41, 5.74) is 0.641. The zero-order valence-electron chi connectivity index (χ0n) is 12.8. The number of rotatable bonds is 4. The van der Waals surface area contributed by atoms with Crippen molar-refractivity contribution in [1.82, 2.24) is 5.06 Å². The highest BCUT2D eigenvalue weighted by Crippen LogP contribution is 2.26. The lowest BCUT2D eigenvalue weighted by Gasteiger charge is -2.18. The van der Waals surface area contributed by atoms with Gasteiger partial charge >= 0.3 is 5.97 Å². The van der Waals surface area contributed by atoms with Gasteiger partial charge in [0.15, 0.2) is 0 Å². The summed E-state index contributed by atoms with van der Waals surface area (Å²) in [6.45, 7) is 3.18. The Bertz CT molecular complexity index is 674. The highest BCUT2D eigenvalue weighted by molar-refractivity contribution is 9.10. The van der Waals surface area contributed by atoms with Crippen molar-refractivity contribution in [3.63, 3.8) is 0 Å². The van der Waals surface area contributed by atoms with Crippen LogP contribution < -0.4 is 0 Å². The smallest absolute Gasteiger partial charge is 0.377 e. The third-order valence-corrected chi connectivity index (χ3v) is 3.53. The molecule has 1 aliphatic rings. The Kier molecular flexibility index (Phi) is 5.06. The van der Waals surface area contributed by atoms with Gasteiger partial charge in [-0.05, 0) is 33.6 Å². The number of halogens is 2. The number of ether oxygens (including phenoxy) is 2. The molecule has 1 amide bonds. The molecule has 0 unspecified atom stereocenters. The lowest BCUT2D eigenvalue weighted by atomic mass is 10.2. The Morgan fingerprint density at radius 1 is 1.43 bits per heavy atom. The van der Waals surface area contributed by atoms with Gasteiger partial charge in [0.05, 0.1) is 24.2 Å². The standard InChI is InChI=1S/C15H15BrFNO5/c1-15(2)22-12(14(20)23-15)7-13(19)18(21-3)8-9-4-5-11(17)10(16)6-9/h4-7H,8H2,1-3H3/b12-7-. The van der Waals surface area contributed by atoms with Crippen molar-refractivity contribution in [3.05, 3.63) is 45.9 Å². The summed E-state index contributed by atoms with van der Waals surface area (Å²) in [5.74, 6) is -3.03. The van der Waals surface area contributed by atoms with Crippen LogP contribution in [0, 0.1) is 5.82 Å². The van der Waals surface area contributed by atoms with E-state index in [0.29, 0.717) is 5.56 Å². The molecule has 0 aromatic heterocycles. The van der Waals surface area contributed by atoms with Crippen molar-refractivity contribution >= 4 is 27.8 Å². The summed E-state index contributed by atoms with van der Waals surface area (Å²) in [4.78, 5) is 28.8. The molecule has 0 atom stereocenters. The van der Waals surface area contributed by atoms with Gasteiger partial charge in [0, 0.05) is 13.8 Å². The molecule has 0 radical (unpaired) electrons. The van der Waals surface area contributed by atoms with Gasteiger partial charge in [0.25, 0.3) is 5.91 Å². The van der Waals surface area contributed by atoms with Gasteiger partial charge in [-0.2, -0.15) is 0 Å². The molecule has 0 bridgehead atoms.